The maximum absolute atomic E-state index is 13.5. The van der Waals surface area contributed by atoms with Crippen molar-refractivity contribution in [1.82, 2.24) is 4.90 Å². The highest BCUT2D eigenvalue weighted by molar-refractivity contribution is 7.09. The van der Waals surface area contributed by atoms with Crippen molar-refractivity contribution >= 4 is 28.0 Å². The minimum Gasteiger partial charge on any atom is -0.493 e. The topological polar surface area (TPSA) is 29.5 Å². The van der Waals surface area contributed by atoms with E-state index in [1.54, 1.807) is 11.3 Å². The summed E-state index contributed by atoms with van der Waals surface area (Å²) in [7, 11) is 0. The predicted molar refractivity (Wildman–Crippen MR) is 107 cm³/mol. The van der Waals surface area contributed by atoms with Crippen LogP contribution in [0, 0.1) is 0 Å². The van der Waals surface area contributed by atoms with Gasteiger partial charge in [0, 0.05) is 17.5 Å². The monoisotopic (exact) mass is 365 g/mol. The zero-order valence-electron chi connectivity index (χ0n) is 15.0. The van der Waals surface area contributed by atoms with Crippen molar-refractivity contribution < 1.29 is 9.53 Å². The van der Waals surface area contributed by atoms with Crippen LogP contribution in [0.25, 0.3) is 10.8 Å². The summed E-state index contributed by atoms with van der Waals surface area (Å²) in [5.41, 5.74) is 0.711. The number of carbonyl (C=O) groups excluding carboxylic acids is 1. The lowest BCUT2D eigenvalue weighted by molar-refractivity contribution is 0.0743. The van der Waals surface area contributed by atoms with E-state index in [9.17, 15) is 4.79 Å². The van der Waals surface area contributed by atoms with Gasteiger partial charge in [0.2, 0.25) is 0 Å². The van der Waals surface area contributed by atoms with Gasteiger partial charge in [-0.1, -0.05) is 36.4 Å². The molecule has 0 radical (unpaired) electrons. The summed E-state index contributed by atoms with van der Waals surface area (Å²) in [4.78, 5) is 16.9. The molecule has 1 saturated carbocycles. The van der Waals surface area contributed by atoms with Gasteiger partial charge in [-0.2, -0.15) is 0 Å². The summed E-state index contributed by atoms with van der Waals surface area (Å²) in [5, 5.41) is 4.15. The molecule has 1 aliphatic carbocycles. The van der Waals surface area contributed by atoms with Crippen molar-refractivity contribution in [2.24, 2.45) is 0 Å². The summed E-state index contributed by atoms with van der Waals surface area (Å²) < 4.78 is 5.82. The van der Waals surface area contributed by atoms with Crippen LogP contribution in [0.5, 0.6) is 5.75 Å². The van der Waals surface area contributed by atoms with E-state index in [0.717, 1.165) is 36.6 Å². The van der Waals surface area contributed by atoms with Gasteiger partial charge in [0.05, 0.1) is 12.2 Å². The second kappa shape index (κ2) is 7.50. The van der Waals surface area contributed by atoms with Crippen molar-refractivity contribution in [2.45, 2.75) is 32.2 Å². The highest BCUT2D eigenvalue weighted by Gasteiger charge is 2.34. The van der Waals surface area contributed by atoms with E-state index in [4.69, 9.17) is 4.74 Å². The highest BCUT2D eigenvalue weighted by atomic mass is 32.1. The standard InChI is InChI=1S/C22H23NO2S/c1-2-25-20-12-9-16-6-3-4-8-19(16)21(20)22(24)23(17-10-11-17)14-13-18-7-5-15-26-18/h3-9,12,15,17H,2,10-11,13-14H2,1H3. The Hall–Kier alpha value is -2.33. The number of amides is 1. The zero-order chi connectivity index (χ0) is 17.9. The van der Waals surface area contributed by atoms with Gasteiger partial charge in [0.25, 0.3) is 5.91 Å². The Labute approximate surface area is 158 Å². The number of hydrogen-bond donors (Lipinski definition) is 0. The van der Waals surface area contributed by atoms with Crippen LogP contribution in [0.15, 0.2) is 53.9 Å². The molecule has 0 bridgehead atoms. The summed E-state index contributed by atoms with van der Waals surface area (Å²) >= 11 is 1.76. The number of hydrogen-bond acceptors (Lipinski definition) is 3. The van der Waals surface area contributed by atoms with Crippen LogP contribution in [0.1, 0.15) is 35.0 Å². The quantitative estimate of drug-likeness (QED) is 0.580. The second-order valence-electron chi connectivity index (χ2n) is 6.65. The van der Waals surface area contributed by atoms with Gasteiger partial charge in [0.15, 0.2) is 0 Å². The van der Waals surface area contributed by atoms with E-state index < -0.39 is 0 Å². The van der Waals surface area contributed by atoms with E-state index in [-0.39, 0.29) is 5.91 Å². The molecule has 4 heteroatoms. The Bertz CT molecular complexity index is 900. The van der Waals surface area contributed by atoms with Gasteiger partial charge in [0.1, 0.15) is 5.75 Å². The number of carbonyl (C=O) groups is 1. The first-order chi connectivity index (χ1) is 12.8. The fourth-order valence-corrected chi connectivity index (χ4v) is 4.11. The molecular formula is C22H23NO2S. The van der Waals surface area contributed by atoms with Crippen LogP contribution < -0.4 is 4.74 Å². The smallest absolute Gasteiger partial charge is 0.258 e. The SMILES string of the molecule is CCOc1ccc2ccccc2c1C(=O)N(CCc1cccs1)C1CC1. The molecule has 1 heterocycles. The zero-order valence-corrected chi connectivity index (χ0v) is 15.8. The number of fused-ring (bicyclic) bond motifs is 1. The molecule has 0 N–H and O–H groups in total. The van der Waals surface area contributed by atoms with E-state index >= 15 is 0 Å². The van der Waals surface area contributed by atoms with E-state index in [2.05, 4.69) is 28.5 Å². The number of thiophene rings is 1. The van der Waals surface area contributed by atoms with Gasteiger partial charge in [-0.15, -0.1) is 11.3 Å². The third-order valence-corrected chi connectivity index (χ3v) is 5.77. The molecule has 26 heavy (non-hydrogen) atoms. The van der Waals surface area contributed by atoms with Gasteiger partial charge in [-0.25, -0.2) is 0 Å². The van der Waals surface area contributed by atoms with Gasteiger partial charge >= 0.3 is 0 Å². The van der Waals surface area contributed by atoms with Crippen LogP contribution in [0.3, 0.4) is 0 Å². The van der Waals surface area contributed by atoms with Crippen molar-refractivity contribution in [2.75, 3.05) is 13.2 Å². The molecule has 2 aromatic carbocycles. The van der Waals surface area contributed by atoms with Crippen LogP contribution in [0.4, 0.5) is 0 Å². The molecule has 0 spiro atoms. The molecule has 0 aliphatic heterocycles. The molecule has 4 rings (SSSR count). The van der Waals surface area contributed by atoms with Gasteiger partial charge < -0.3 is 9.64 Å². The third-order valence-electron chi connectivity index (χ3n) is 4.83. The summed E-state index contributed by atoms with van der Waals surface area (Å²) in [6, 6.07) is 16.6. The Morgan fingerprint density at radius 1 is 1.15 bits per heavy atom. The molecular weight excluding hydrogens is 342 g/mol. The Morgan fingerprint density at radius 2 is 2.00 bits per heavy atom. The number of rotatable bonds is 7. The fraction of sp³-hybridized carbons (Fsp3) is 0.318. The minimum absolute atomic E-state index is 0.101. The van der Waals surface area contributed by atoms with E-state index in [1.165, 1.54) is 4.88 Å². The van der Waals surface area contributed by atoms with Crippen LogP contribution in [-0.4, -0.2) is 30.0 Å². The number of nitrogens with zero attached hydrogens (tertiary/aromatic N) is 1. The third kappa shape index (κ3) is 3.47. The first-order valence-electron chi connectivity index (χ1n) is 9.26. The molecule has 1 aromatic heterocycles. The first-order valence-corrected chi connectivity index (χ1v) is 10.1. The molecule has 3 nitrogen and oxygen atoms in total. The number of ether oxygens (including phenoxy) is 1. The summed E-state index contributed by atoms with van der Waals surface area (Å²) in [5.74, 6) is 0.794. The van der Waals surface area contributed by atoms with E-state index in [0.29, 0.717) is 24.0 Å². The van der Waals surface area contributed by atoms with Crippen LogP contribution in [-0.2, 0) is 6.42 Å². The normalized spacial score (nSPS) is 13.7. The molecule has 1 amide bonds. The van der Waals surface area contributed by atoms with Crippen molar-refractivity contribution in [3.8, 4) is 5.75 Å². The lowest BCUT2D eigenvalue weighted by Gasteiger charge is -2.24. The molecule has 0 unspecified atom stereocenters. The lowest BCUT2D eigenvalue weighted by Crippen LogP contribution is -2.35. The molecule has 0 atom stereocenters. The van der Waals surface area contributed by atoms with Crippen LogP contribution >= 0.6 is 11.3 Å². The molecule has 0 saturated heterocycles. The fourth-order valence-electron chi connectivity index (χ4n) is 3.41. The summed E-state index contributed by atoms with van der Waals surface area (Å²) in [6.07, 6.45) is 3.12. The average Bonchev–Trinajstić information content (AvgIpc) is 3.36. The molecule has 134 valence electrons. The highest BCUT2D eigenvalue weighted by Crippen LogP contribution is 2.34. The predicted octanol–water partition coefficient (Wildman–Crippen LogP) is 5.15. The van der Waals surface area contributed by atoms with Gasteiger partial charge in [-0.05, 0) is 54.5 Å². The lowest BCUT2D eigenvalue weighted by atomic mass is 10.0. The van der Waals surface area contributed by atoms with Crippen molar-refractivity contribution in [1.29, 1.82) is 0 Å². The maximum Gasteiger partial charge on any atom is 0.258 e. The Kier molecular flexibility index (Phi) is 4.93. The van der Waals surface area contributed by atoms with Crippen molar-refractivity contribution in [3.05, 3.63) is 64.4 Å². The second-order valence-corrected chi connectivity index (χ2v) is 7.68. The number of benzene rings is 2. The Balaban J connectivity index is 1.69. The average molecular weight is 365 g/mol. The van der Waals surface area contributed by atoms with Crippen LogP contribution in [0.2, 0.25) is 0 Å². The maximum atomic E-state index is 13.5. The molecule has 3 aromatic rings. The summed E-state index contributed by atoms with van der Waals surface area (Å²) in [6.45, 7) is 3.27. The molecule has 1 fully saturated rings. The largest absolute Gasteiger partial charge is 0.493 e. The minimum atomic E-state index is 0.101. The van der Waals surface area contributed by atoms with Crippen molar-refractivity contribution in [3.63, 3.8) is 0 Å². The first kappa shape index (κ1) is 17.1. The Morgan fingerprint density at radius 3 is 2.73 bits per heavy atom. The van der Waals surface area contributed by atoms with Gasteiger partial charge in [-0.3, -0.25) is 4.79 Å². The molecule has 1 aliphatic rings. The van der Waals surface area contributed by atoms with E-state index in [1.807, 2.05) is 37.3 Å².